The molecule has 0 aliphatic heterocycles. The highest BCUT2D eigenvalue weighted by Gasteiger charge is 2.42. The van der Waals surface area contributed by atoms with Crippen LogP contribution in [0.4, 0.5) is 4.79 Å². The van der Waals surface area contributed by atoms with Crippen LogP contribution in [0.15, 0.2) is 48.5 Å². The number of carboxylic acids is 1. The highest BCUT2D eigenvalue weighted by molar-refractivity contribution is 5.82. The summed E-state index contributed by atoms with van der Waals surface area (Å²) < 4.78 is 5.37. The third kappa shape index (κ3) is 4.08. The number of ether oxygens (including phenoxy) is 1. The maximum Gasteiger partial charge on any atom is 0.407 e. The van der Waals surface area contributed by atoms with Crippen LogP contribution in [0, 0.1) is 11.8 Å². The first-order chi connectivity index (χ1) is 14.0. The molecule has 0 bridgehead atoms. The van der Waals surface area contributed by atoms with Crippen molar-refractivity contribution in [2.75, 3.05) is 19.7 Å². The Balaban J connectivity index is 1.25. The topological polar surface area (TPSA) is 105 Å². The fourth-order valence-electron chi connectivity index (χ4n) is 3.88. The maximum absolute atomic E-state index is 12.0. The van der Waals surface area contributed by atoms with E-state index in [1.54, 1.807) is 0 Å². The molecule has 3 N–H and O–H groups in total. The molecule has 150 valence electrons. The maximum atomic E-state index is 12.0. The zero-order valence-corrected chi connectivity index (χ0v) is 15.8. The Hall–Kier alpha value is -3.35. The number of benzene rings is 2. The Morgan fingerprint density at radius 2 is 1.59 bits per heavy atom. The van der Waals surface area contributed by atoms with E-state index in [9.17, 15) is 14.4 Å². The molecule has 2 atom stereocenters. The van der Waals surface area contributed by atoms with E-state index in [4.69, 9.17) is 9.84 Å². The highest BCUT2D eigenvalue weighted by atomic mass is 16.5. The third-order valence-corrected chi connectivity index (χ3v) is 5.54. The van der Waals surface area contributed by atoms with Crippen molar-refractivity contribution in [2.24, 2.45) is 11.8 Å². The number of aliphatic carboxylic acids is 1. The van der Waals surface area contributed by atoms with Gasteiger partial charge in [-0.1, -0.05) is 48.5 Å². The second-order valence-electron chi connectivity index (χ2n) is 7.42. The second kappa shape index (κ2) is 7.95. The number of nitrogens with one attached hydrogen (secondary N) is 2. The van der Waals surface area contributed by atoms with E-state index >= 15 is 0 Å². The lowest BCUT2D eigenvalue weighted by molar-refractivity contribution is -0.139. The van der Waals surface area contributed by atoms with E-state index in [2.05, 4.69) is 22.8 Å². The van der Waals surface area contributed by atoms with Crippen molar-refractivity contribution < 1.29 is 24.2 Å². The largest absolute Gasteiger partial charge is 0.481 e. The first kappa shape index (κ1) is 19.0. The summed E-state index contributed by atoms with van der Waals surface area (Å²) in [7, 11) is 0. The number of amides is 2. The molecule has 0 saturated heterocycles. The van der Waals surface area contributed by atoms with Gasteiger partial charge in [0.25, 0.3) is 0 Å². The molecule has 0 aromatic heterocycles. The number of hydrogen-bond acceptors (Lipinski definition) is 4. The van der Waals surface area contributed by atoms with Crippen molar-refractivity contribution in [3.8, 4) is 11.1 Å². The number of hydrogen-bond donors (Lipinski definition) is 3. The molecular weight excluding hydrogens is 372 g/mol. The first-order valence-electron chi connectivity index (χ1n) is 9.63. The van der Waals surface area contributed by atoms with Gasteiger partial charge in [-0.3, -0.25) is 9.59 Å². The van der Waals surface area contributed by atoms with Gasteiger partial charge in [0.05, 0.1) is 12.5 Å². The molecule has 0 radical (unpaired) electrons. The van der Waals surface area contributed by atoms with Gasteiger partial charge in [-0.25, -0.2) is 4.79 Å². The second-order valence-corrected chi connectivity index (χ2v) is 7.42. The standard InChI is InChI=1S/C22H22N2O5/c25-20(23-10-13-9-18(13)21(26)27)11-24-22(28)29-12-19-16-7-3-1-5-14(16)15-6-2-4-8-17(15)19/h1-8,13,18-19H,9-12H2,(H,23,25)(H,24,28)(H,26,27)/t13-,18-/m1/s1. The van der Waals surface area contributed by atoms with Crippen molar-refractivity contribution in [3.05, 3.63) is 59.7 Å². The molecule has 0 spiro atoms. The van der Waals surface area contributed by atoms with Crippen molar-refractivity contribution in [2.45, 2.75) is 12.3 Å². The highest BCUT2D eigenvalue weighted by Crippen LogP contribution is 2.44. The average molecular weight is 394 g/mol. The SMILES string of the molecule is O=C(CNC(=O)OCC1c2ccccc2-c2ccccc21)NC[C@H]1C[C@H]1C(=O)O. The molecule has 4 rings (SSSR count). The van der Waals surface area contributed by atoms with Gasteiger partial charge in [0.2, 0.25) is 5.91 Å². The van der Waals surface area contributed by atoms with Crippen LogP contribution in [0.2, 0.25) is 0 Å². The first-order valence-corrected chi connectivity index (χ1v) is 9.63. The van der Waals surface area contributed by atoms with Gasteiger partial charge >= 0.3 is 12.1 Å². The smallest absolute Gasteiger partial charge is 0.407 e. The summed E-state index contributed by atoms with van der Waals surface area (Å²) in [6.07, 6.45) is -0.0769. The number of carbonyl (C=O) groups excluding carboxylic acids is 2. The van der Waals surface area contributed by atoms with Crippen molar-refractivity contribution in [3.63, 3.8) is 0 Å². The number of alkyl carbamates (subject to hydrolysis) is 1. The zero-order chi connectivity index (χ0) is 20.4. The van der Waals surface area contributed by atoms with Crippen LogP contribution in [0.1, 0.15) is 23.5 Å². The third-order valence-electron chi connectivity index (χ3n) is 5.54. The van der Waals surface area contributed by atoms with Crippen LogP contribution in [-0.4, -0.2) is 42.8 Å². The molecule has 2 aliphatic carbocycles. The van der Waals surface area contributed by atoms with Crippen LogP contribution in [0.5, 0.6) is 0 Å². The molecule has 0 unspecified atom stereocenters. The summed E-state index contributed by atoms with van der Waals surface area (Å²) >= 11 is 0. The van der Waals surface area contributed by atoms with Crippen LogP contribution in [0.3, 0.4) is 0 Å². The Bertz CT molecular complexity index is 912. The van der Waals surface area contributed by atoms with Gasteiger partial charge in [-0.2, -0.15) is 0 Å². The molecular formula is C22H22N2O5. The Kier molecular flexibility index (Phi) is 5.20. The quantitative estimate of drug-likeness (QED) is 0.669. The van der Waals surface area contributed by atoms with Crippen LogP contribution in [-0.2, 0) is 14.3 Å². The van der Waals surface area contributed by atoms with Gasteiger partial charge in [0.1, 0.15) is 6.61 Å². The number of fused-ring (bicyclic) bond motifs is 3. The predicted octanol–water partition coefficient (Wildman–Crippen LogP) is 2.36. The van der Waals surface area contributed by atoms with E-state index in [1.165, 1.54) is 0 Å². The number of carbonyl (C=O) groups is 3. The summed E-state index contributed by atoms with van der Waals surface area (Å²) in [5.41, 5.74) is 4.54. The van der Waals surface area contributed by atoms with Crippen LogP contribution in [0.25, 0.3) is 11.1 Å². The predicted molar refractivity (Wildman–Crippen MR) is 105 cm³/mol. The van der Waals surface area contributed by atoms with Crippen molar-refractivity contribution in [1.29, 1.82) is 0 Å². The Labute approximate surface area is 168 Å². The molecule has 2 aliphatic rings. The minimum absolute atomic E-state index is 0.0223. The molecule has 7 nitrogen and oxygen atoms in total. The Morgan fingerprint density at radius 1 is 0.966 bits per heavy atom. The Morgan fingerprint density at radius 3 is 2.17 bits per heavy atom. The van der Waals surface area contributed by atoms with Crippen molar-refractivity contribution >= 4 is 18.0 Å². The lowest BCUT2D eigenvalue weighted by Gasteiger charge is -2.14. The van der Waals surface area contributed by atoms with Gasteiger partial charge in [-0.15, -0.1) is 0 Å². The number of rotatable bonds is 7. The van der Waals surface area contributed by atoms with Gasteiger partial charge in [0.15, 0.2) is 0 Å². The lowest BCUT2D eigenvalue weighted by atomic mass is 9.98. The molecule has 0 heterocycles. The normalized spacial score (nSPS) is 19.0. The van der Waals surface area contributed by atoms with E-state index in [0.29, 0.717) is 13.0 Å². The molecule has 2 aromatic carbocycles. The minimum atomic E-state index is -0.832. The summed E-state index contributed by atoms with van der Waals surface area (Å²) in [5.74, 6) is -1.63. The van der Waals surface area contributed by atoms with E-state index in [-0.39, 0.29) is 36.8 Å². The average Bonchev–Trinajstić information content (AvgIpc) is 3.45. The van der Waals surface area contributed by atoms with Gasteiger partial charge in [-0.05, 0) is 34.6 Å². The molecule has 1 fully saturated rings. The molecule has 2 aromatic rings. The fraction of sp³-hybridized carbons (Fsp3) is 0.318. The minimum Gasteiger partial charge on any atom is -0.481 e. The van der Waals surface area contributed by atoms with Gasteiger partial charge in [0, 0.05) is 12.5 Å². The summed E-state index contributed by atoms with van der Waals surface area (Å²) in [4.78, 5) is 34.6. The summed E-state index contributed by atoms with van der Waals surface area (Å²) in [5, 5.41) is 13.9. The zero-order valence-electron chi connectivity index (χ0n) is 15.8. The summed E-state index contributed by atoms with van der Waals surface area (Å²) in [6, 6.07) is 16.1. The molecule has 2 amide bonds. The monoisotopic (exact) mass is 394 g/mol. The van der Waals surface area contributed by atoms with Gasteiger partial charge < -0.3 is 20.5 Å². The number of carboxylic acid groups (broad SMARTS) is 1. The summed E-state index contributed by atoms with van der Waals surface area (Å²) in [6.45, 7) is 0.285. The van der Waals surface area contributed by atoms with Crippen molar-refractivity contribution in [1.82, 2.24) is 10.6 Å². The molecule has 7 heteroatoms. The lowest BCUT2D eigenvalue weighted by Crippen LogP contribution is -2.38. The van der Waals surface area contributed by atoms with Crippen LogP contribution < -0.4 is 10.6 Å². The van der Waals surface area contributed by atoms with E-state index < -0.39 is 12.1 Å². The van der Waals surface area contributed by atoms with E-state index in [0.717, 1.165) is 22.3 Å². The molecule has 1 saturated carbocycles. The van der Waals surface area contributed by atoms with E-state index in [1.807, 2.05) is 36.4 Å². The van der Waals surface area contributed by atoms with Crippen LogP contribution >= 0.6 is 0 Å². The molecule has 29 heavy (non-hydrogen) atoms. The fourth-order valence-corrected chi connectivity index (χ4v) is 3.88.